The number of aromatic nitrogens is 3. The molecule has 3 heteroatoms. The van der Waals surface area contributed by atoms with Crippen LogP contribution in [0, 0.1) is 0 Å². The van der Waals surface area contributed by atoms with Gasteiger partial charge in [0.05, 0.1) is 27.8 Å². The monoisotopic (exact) mass is 711 g/mol. The first-order chi connectivity index (χ1) is 27.8. The van der Waals surface area contributed by atoms with Crippen molar-refractivity contribution in [3.63, 3.8) is 0 Å². The van der Waals surface area contributed by atoms with Crippen LogP contribution in [0.15, 0.2) is 200 Å². The van der Waals surface area contributed by atoms with Gasteiger partial charge in [-0.2, -0.15) is 0 Å². The Morgan fingerprint density at radius 2 is 0.893 bits per heavy atom. The van der Waals surface area contributed by atoms with Crippen molar-refractivity contribution in [1.82, 2.24) is 14.5 Å². The number of fused-ring (bicyclic) bond motifs is 13. The Kier molecular flexibility index (Phi) is 6.55. The maximum Gasteiger partial charge on any atom is 0.160 e. The highest BCUT2D eigenvalue weighted by atomic mass is 15.0. The van der Waals surface area contributed by atoms with Crippen LogP contribution >= 0.6 is 0 Å². The van der Waals surface area contributed by atoms with E-state index in [9.17, 15) is 0 Å². The molecule has 0 saturated heterocycles. The van der Waals surface area contributed by atoms with Crippen LogP contribution in [0.2, 0.25) is 0 Å². The Labute approximate surface area is 324 Å². The van der Waals surface area contributed by atoms with Gasteiger partial charge < -0.3 is 4.57 Å². The van der Waals surface area contributed by atoms with Gasteiger partial charge in [-0.3, -0.25) is 0 Å². The number of rotatable bonds is 4. The molecule has 2 heterocycles. The standard InChI is InChI=1S/C53H33N3/c1-3-16-34(17-4-1)47-33-48(55-52(54-47)35-18-5-2-6-19-35)42-24-15-27-45-51(42)41-23-8-12-26-44(41)53(45)43-25-11-7-20-37(43)38-31-30-36(32-46(38)53)56-49-28-13-9-21-39(49)40-22-10-14-29-50(40)56/h1-33H. The van der Waals surface area contributed by atoms with Gasteiger partial charge in [0.25, 0.3) is 0 Å². The summed E-state index contributed by atoms with van der Waals surface area (Å²) in [6.45, 7) is 0. The number of nitrogens with zero attached hydrogens (tertiary/aromatic N) is 3. The van der Waals surface area contributed by atoms with Crippen molar-refractivity contribution in [2.75, 3.05) is 0 Å². The number of para-hydroxylation sites is 2. The van der Waals surface area contributed by atoms with Crippen LogP contribution in [0.1, 0.15) is 22.3 Å². The van der Waals surface area contributed by atoms with E-state index in [1.54, 1.807) is 0 Å². The molecule has 3 nitrogen and oxygen atoms in total. The summed E-state index contributed by atoms with van der Waals surface area (Å²) >= 11 is 0. The third kappa shape index (κ3) is 4.22. The first-order valence-electron chi connectivity index (χ1n) is 19.3. The van der Waals surface area contributed by atoms with Gasteiger partial charge in [0.15, 0.2) is 5.82 Å². The summed E-state index contributed by atoms with van der Waals surface area (Å²) in [4.78, 5) is 10.5. The van der Waals surface area contributed by atoms with Crippen molar-refractivity contribution in [2.24, 2.45) is 0 Å². The molecule has 0 amide bonds. The van der Waals surface area contributed by atoms with Crippen LogP contribution < -0.4 is 0 Å². The van der Waals surface area contributed by atoms with Crippen molar-refractivity contribution < 1.29 is 0 Å². The van der Waals surface area contributed by atoms with Gasteiger partial charge in [-0.25, -0.2) is 9.97 Å². The topological polar surface area (TPSA) is 30.7 Å². The van der Waals surface area contributed by atoms with Gasteiger partial charge in [-0.1, -0.05) is 170 Å². The van der Waals surface area contributed by atoms with Gasteiger partial charge in [0, 0.05) is 33.2 Å². The molecule has 1 atom stereocenters. The molecule has 260 valence electrons. The van der Waals surface area contributed by atoms with Gasteiger partial charge in [0.1, 0.15) is 0 Å². The summed E-state index contributed by atoms with van der Waals surface area (Å²) in [6.07, 6.45) is 0. The molecular weight excluding hydrogens is 679 g/mol. The van der Waals surface area contributed by atoms with E-state index in [1.165, 1.54) is 66.3 Å². The highest BCUT2D eigenvalue weighted by Gasteiger charge is 2.52. The van der Waals surface area contributed by atoms with Gasteiger partial charge in [-0.15, -0.1) is 0 Å². The first-order valence-corrected chi connectivity index (χ1v) is 19.3. The maximum absolute atomic E-state index is 5.34. The fourth-order valence-corrected chi connectivity index (χ4v) is 9.79. The fraction of sp³-hybridized carbons (Fsp3) is 0.0189. The first kappa shape index (κ1) is 31.0. The molecule has 1 spiro atoms. The van der Waals surface area contributed by atoms with Crippen molar-refractivity contribution in [3.05, 3.63) is 222 Å². The minimum atomic E-state index is -0.528. The summed E-state index contributed by atoms with van der Waals surface area (Å²) in [5.41, 5.74) is 18.2. The average Bonchev–Trinajstić information content (AvgIpc) is 3.88. The van der Waals surface area contributed by atoms with Gasteiger partial charge in [0.2, 0.25) is 0 Å². The Morgan fingerprint density at radius 1 is 0.357 bits per heavy atom. The minimum Gasteiger partial charge on any atom is -0.309 e. The van der Waals surface area contributed by atoms with Gasteiger partial charge in [-0.05, 0) is 74.8 Å². The quantitative estimate of drug-likeness (QED) is 0.182. The molecule has 10 aromatic rings. The predicted octanol–water partition coefficient (Wildman–Crippen LogP) is 12.9. The Bertz CT molecular complexity index is 3080. The Balaban J connectivity index is 1.15. The molecule has 2 aliphatic carbocycles. The fourth-order valence-electron chi connectivity index (χ4n) is 9.79. The zero-order chi connectivity index (χ0) is 36.8. The summed E-state index contributed by atoms with van der Waals surface area (Å²) in [6, 6.07) is 72.5. The van der Waals surface area contributed by atoms with Crippen LogP contribution in [0.25, 0.3) is 83.6 Å². The lowest BCUT2D eigenvalue weighted by Gasteiger charge is -2.31. The molecule has 0 bridgehead atoms. The molecule has 0 radical (unpaired) electrons. The predicted molar refractivity (Wildman–Crippen MR) is 229 cm³/mol. The smallest absolute Gasteiger partial charge is 0.160 e. The van der Waals surface area contributed by atoms with E-state index in [-0.39, 0.29) is 0 Å². The second-order valence-corrected chi connectivity index (χ2v) is 14.9. The summed E-state index contributed by atoms with van der Waals surface area (Å²) < 4.78 is 2.44. The van der Waals surface area contributed by atoms with Crippen molar-refractivity contribution in [1.29, 1.82) is 0 Å². The minimum absolute atomic E-state index is 0.528. The zero-order valence-electron chi connectivity index (χ0n) is 30.4. The molecule has 0 fully saturated rings. The van der Waals surface area contributed by atoms with Crippen LogP contribution in [0.4, 0.5) is 0 Å². The Hall–Kier alpha value is -7.36. The molecule has 2 aromatic heterocycles. The summed E-state index contributed by atoms with van der Waals surface area (Å²) in [5.74, 6) is 0.716. The summed E-state index contributed by atoms with van der Waals surface area (Å²) in [7, 11) is 0. The molecule has 0 N–H and O–H groups in total. The molecule has 56 heavy (non-hydrogen) atoms. The normalized spacial score (nSPS) is 14.9. The molecule has 8 aromatic carbocycles. The molecular formula is C53H33N3. The highest BCUT2D eigenvalue weighted by molar-refractivity contribution is 6.09. The maximum atomic E-state index is 5.34. The molecule has 2 aliphatic rings. The lowest BCUT2D eigenvalue weighted by atomic mass is 9.70. The highest BCUT2D eigenvalue weighted by Crippen LogP contribution is 2.64. The van der Waals surface area contributed by atoms with Gasteiger partial charge >= 0.3 is 0 Å². The summed E-state index contributed by atoms with van der Waals surface area (Å²) in [5, 5.41) is 2.52. The van der Waals surface area contributed by atoms with Crippen molar-refractivity contribution in [3.8, 4) is 61.8 Å². The lowest BCUT2D eigenvalue weighted by Crippen LogP contribution is -2.26. The third-order valence-corrected chi connectivity index (χ3v) is 12.0. The molecule has 0 aliphatic heterocycles. The molecule has 12 rings (SSSR count). The molecule has 1 unspecified atom stereocenters. The number of hydrogen-bond acceptors (Lipinski definition) is 2. The van der Waals surface area contributed by atoms with E-state index in [2.05, 4.69) is 193 Å². The van der Waals surface area contributed by atoms with Crippen LogP contribution in [-0.4, -0.2) is 14.5 Å². The van der Waals surface area contributed by atoms with Crippen molar-refractivity contribution in [2.45, 2.75) is 5.41 Å². The second-order valence-electron chi connectivity index (χ2n) is 14.9. The van der Waals surface area contributed by atoms with Crippen LogP contribution in [0.5, 0.6) is 0 Å². The van der Waals surface area contributed by atoms with E-state index in [1.807, 2.05) is 12.1 Å². The van der Waals surface area contributed by atoms with E-state index >= 15 is 0 Å². The van der Waals surface area contributed by atoms with E-state index in [0.717, 1.165) is 33.8 Å². The molecule has 0 saturated carbocycles. The van der Waals surface area contributed by atoms with E-state index in [0.29, 0.717) is 5.82 Å². The number of hydrogen-bond donors (Lipinski definition) is 0. The Morgan fingerprint density at radius 3 is 1.62 bits per heavy atom. The van der Waals surface area contributed by atoms with Crippen LogP contribution in [-0.2, 0) is 5.41 Å². The zero-order valence-corrected chi connectivity index (χ0v) is 30.4. The third-order valence-electron chi connectivity index (χ3n) is 12.0. The average molecular weight is 712 g/mol. The SMILES string of the molecule is c1ccc(-c2cc(-c3cccc4c3-c3ccccc3C43c4ccccc4-c4ccc(-n5c6ccccc6c6ccccc65)cc43)nc(-c3ccccc3)n2)cc1. The second kappa shape index (κ2) is 11.8. The van der Waals surface area contributed by atoms with Crippen LogP contribution in [0.3, 0.4) is 0 Å². The number of benzene rings is 8. The largest absolute Gasteiger partial charge is 0.309 e. The van der Waals surface area contributed by atoms with E-state index in [4.69, 9.17) is 9.97 Å². The van der Waals surface area contributed by atoms with E-state index < -0.39 is 5.41 Å². The lowest BCUT2D eigenvalue weighted by molar-refractivity contribution is 0.792. The van der Waals surface area contributed by atoms with Crippen molar-refractivity contribution >= 4 is 21.8 Å².